The largest absolute Gasteiger partial charge is 0.493 e. The van der Waals surface area contributed by atoms with Gasteiger partial charge < -0.3 is 19.5 Å². The van der Waals surface area contributed by atoms with Crippen LogP contribution in [0.2, 0.25) is 0 Å². The standard InChI is InChI=1S/C19H23NO4/c1-5-13(2)24-16-8-6-7-14(11-16)19(21)20-15-9-10-17(22-3)18(12-15)23-4/h6-13H,5H2,1-4H3,(H,20,21). The predicted molar refractivity (Wildman–Crippen MR) is 94.3 cm³/mol. The molecule has 0 bridgehead atoms. The number of methoxy groups -OCH3 is 2. The van der Waals surface area contributed by atoms with Crippen molar-refractivity contribution in [1.29, 1.82) is 0 Å². The van der Waals surface area contributed by atoms with Crippen molar-refractivity contribution >= 4 is 11.6 Å². The molecule has 2 aromatic rings. The van der Waals surface area contributed by atoms with Gasteiger partial charge in [0.05, 0.1) is 20.3 Å². The van der Waals surface area contributed by atoms with Crippen molar-refractivity contribution < 1.29 is 19.0 Å². The maximum absolute atomic E-state index is 12.4. The van der Waals surface area contributed by atoms with Crippen LogP contribution in [0.15, 0.2) is 42.5 Å². The molecular formula is C19H23NO4. The number of ether oxygens (including phenoxy) is 3. The Balaban J connectivity index is 2.13. The van der Waals surface area contributed by atoms with Crippen LogP contribution in [0.5, 0.6) is 17.2 Å². The van der Waals surface area contributed by atoms with E-state index in [0.29, 0.717) is 28.5 Å². The summed E-state index contributed by atoms with van der Waals surface area (Å²) in [5, 5.41) is 2.85. The van der Waals surface area contributed by atoms with E-state index in [4.69, 9.17) is 14.2 Å². The minimum atomic E-state index is -0.211. The lowest BCUT2D eigenvalue weighted by molar-refractivity contribution is 0.102. The summed E-state index contributed by atoms with van der Waals surface area (Å²) in [7, 11) is 3.12. The zero-order valence-electron chi connectivity index (χ0n) is 14.5. The Morgan fingerprint density at radius 2 is 1.83 bits per heavy atom. The third kappa shape index (κ3) is 4.41. The van der Waals surface area contributed by atoms with E-state index in [9.17, 15) is 4.79 Å². The molecule has 1 atom stereocenters. The van der Waals surface area contributed by atoms with Gasteiger partial charge >= 0.3 is 0 Å². The van der Waals surface area contributed by atoms with Gasteiger partial charge in [0, 0.05) is 17.3 Å². The summed E-state index contributed by atoms with van der Waals surface area (Å²) in [6.45, 7) is 4.05. The Hall–Kier alpha value is -2.69. The molecule has 0 heterocycles. The van der Waals surface area contributed by atoms with E-state index in [2.05, 4.69) is 12.2 Å². The Labute approximate surface area is 142 Å². The molecule has 1 amide bonds. The number of hydrogen-bond donors (Lipinski definition) is 1. The van der Waals surface area contributed by atoms with Gasteiger partial charge in [0.15, 0.2) is 11.5 Å². The number of carbonyl (C=O) groups excluding carboxylic acids is 1. The lowest BCUT2D eigenvalue weighted by Crippen LogP contribution is -2.13. The molecule has 0 aliphatic carbocycles. The van der Waals surface area contributed by atoms with Crippen molar-refractivity contribution in [2.75, 3.05) is 19.5 Å². The summed E-state index contributed by atoms with van der Waals surface area (Å²) >= 11 is 0. The van der Waals surface area contributed by atoms with Gasteiger partial charge in [0.25, 0.3) is 5.91 Å². The van der Waals surface area contributed by atoms with Gasteiger partial charge in [0.1, 0.15) is 5.75 Å². The fourth-order valence-corrected chi connectivity index (χ4v) is 2.14. The van der Waals surface area contributed by atoms with E-state index >= 15 is 0 Å². The van der Waals surface area contributed by atoms with E-state index in [1.54, 1.807) is 50.6 Å². The average Bonchev–Trinajstić information content (AvgIpc) is 2.61. The number of rotatable bonds is 7. The topological polar surface area (TPSA) is 56.8 Å². The van der Waals surface area contributed by atoms with Crippen LogP contribution >= 0.6 is 0 Å². The summed E-state index contributed by atoms with van der Waals surface area (Å²) < 4.78 is 16.2. The molecule has 0 aliphatic heterocycles. The van der Waals surface area contributed by atoms with E-state index < -0.39 is 0 Å². The van der Waals surface area contributed by atoms with Crippen LogP contribution in [0, 0.1) is 0 Å². The third-order valence-corrected chi connectivity index (χ3v) is 3.65. The maximum atomic E-state index is 12.4. The first-order valence-electron chi connectivity index (χ1n) is 7.87. The SMILES string of the molecule is CCC(C)Oc1cccc(C(=O)Nc2ccc(OC)c(OC)c2)c1. The summed E-state index contributed by atoms with van der Waals surface area (Å²) in [4.78, 5) is 12.4. The molecule has 0 aromatic heterocycles. The van der Waals surface area contributed by atoms with Crippen molar-refractivity contribution in [3.8, 4) is 17.2 Å². The second-order valence-corrected chi connectivity index (χ2v) is 5.39. The quantitative estimate of drug-likeness (QED) is 0.829. The first kappa shape index (κ1) is 17.7. The van der Waals surface area contributed by atoms with Crippen molar-refractivity contribution in [3.63, 3.8) is 0 Å². The third-order valence-electron chi connectivity index (χ3n) is 3.65. The first-order valence-corrected chi connectivity index (χ1v) is 7.87. The zero-order chi connectivity index (χ0) is 17.5. The second-order valence-electron chi connectivity index (χ2n) is 5.39. The molecule has 0 saturated heterocycles. The van der Waals surface area contributed by atoms with Crippen LogP contribution < -0.4 is 19.5 Å². The lowest BCUT2D eigenvalue weighted by Gasteiger charge is -2.14. The smallest absolute Gasteiger partial charge is 0.255 e. The normalized spacial score (nSPS) is 11.5. The molecule has 0 fully saturated rings. The summed E-state index contributed by atoms with van der Waals surface area (Å²) in [6, 6.07) is 12.4. The molecule has 0 aliphatic rings. The lowest BCUT2D eigenvalue weighted by atomic mass is 10.2. The van der Waals surface area contributed by atoms with Crippen LogP contribution in [-0.4, -0.2) is 26.2 Å². The molecule has 0 saturated carbocycles. The molecule has 0 spiro atoms. The molecular weight excluding hydrogens is 306 g/mol. The van der Waals surface area contributed by atoms with Crippen molar-refractivity contribution in [1.82, 2.24) is 0 Å². The number of anilines is 1. The van der Waals surface area contributed by atoms with Gasteiger partial charge in [0.2, 0.25) is 0 Å². The number of hydrogen-bond acceptors (Lipinski definition) is 4. The molecule has 0 radical (unpaired) electrons. The van der Waals surface area contributed by atoms with E-state index in [1.165, 1.54) is 0 Å². The molecule has 1 unspecified atom stereocenters. The highest BCUT2D eigenvalue weighted by Crippen LogP contribution is 2.30. The number of carbonyl (C=O) groups is 1. The van der Waals surface area contributed by atoms with Gasteiger partial charge in [-0.05, 0) is 43.7 Å². The molecule has 128 valence electrons. The average molecular weight is 329 g/mol. The van der Waals surface area contributed by atoms with Gasteiger partial charge in [-0.3, -0.25) is 4.79 Å². The molecule has 1 N–H and O–H groups in total. The number of nitrogens with one attached hydrogen (secondary N) is 1. The summed E-state index contributed by atoms with van der Waals surface area (Å²) in [5.74, 6) is 1.64. The van der Waals surface area contributed by atoms with Gasteiger partial charge in [-0.25, -0.2) is 0 Å². The Kier molecular flexibility index (Phi) is 6.07. The van der Waals surface area contributed by atoms with Gasteiger partial charge in [-0.2, -0.15) is 0 Å². The molecule has 24 heavy (non-hydrogen) atoms. The Morgan fingerprint density at radius 1 is 1.08 bits per heavy atom. The van der Waals surface area contributed by atoms with Crippen LogP contribution in [0.4, 0.5) is 5.69 Å². The second kappa shape index (κ2) is 8.24. The number of amides is 1. The highest BCUT2D eigenvalue weighted by Gasteiger charge is 2.11. The minimum absolute atomic E-state index is 0.106. The highest BCUT2D eigenvalue weighted by molar-refractivity contribution is 6.04. The summed E-state index contributed by atoms with van der Waals surface area (Å²) in [6.07, 6.45) is 1.01. The molecule has 2 rings (SSSR count). The Morgan fingerprint density at radius 3 is 2.50 bits per heavy atom. The minimum Gasteiger partial charge on any atom is -0.493 e. The Bertz CT molecular complexity index is 700. The molecule has 2 aromatic carbocycles. The van der Waals surface area contributed by atoms with Crippen molar-refractivity contribution in [2.45, 2.75) is 26.4 Å². The first-order chi connectivity index (χ1) is 11.6. The van der Waals surface area contributed by atoms with Crippen LogP contribution in [0.25, 0.3) is 0 Å². The highest BCUT2D eigenvalue weighted by atomic mass is 16.5. The van der Waals surface area contributed by atoms with Crippen LogP contribution in [0.3, 0.4) is 0 Å². The van der Waals surface area contributed by atoms with Crippen molar-refractivity contribution in [3.05, 3.63) is 48.0 Å². The van der Waals surface area contributed by atoms with Gasteiger partial charge in [-0.15, -0.1) is 0 Å². The molecule has 5 nitrogen and oxygen atoms in total. The zero-order valence-corrected chi connectivity index (χ0v) is 14.5. The van der Waals surface area contributed by atoms with Crippen LogP contribution in [0.1, 0.15) is 30.6 Å². The van der Waals surface area contributed by atoms with E-state index in [1.807, 2.05) is 13.0 Å². The fourth-order valence-electron chi connectivity index (χ4n) is 2.14. The predicted octanol–water partition coefficient (Wildman–Crippen LogP) is 4.13. The van der Waals surface area contributed by atoms with E-state index in [0.717, 1.165) is 6.42 Å². The van der Waals surface area contributed by atoms with Gasteiger partial charge in [-0.1, -0.05) is 13.0 Å². The van der Waals surface area contributed by atoms with Crippen LogP contribution in [-0.2, 0) is 0 Å². The molecule has 5 heteroatoms. The fraction of sp³-hybridized carbons (Fsp3) is 0.316. The maximum Gasteiger partial charge on any atom is 0.255 e. The van der Waals surface area contributed by atoms with E-state index in [-0.39, 0.29) is 12.0 Å². The number of benzene rings is 2. The van der Waals surface area contributed by atoms with Crippen molar-refractivity contribution in [2.24, 2.45) is 0 Å². The summed E-state index contributed by atoms with van der Waals surface area (Å²) in [5.41, 5.74) is 1.16. The monoisotopic (exact) mass is 329 g/mol.